The Labute approximate surface area is 255 Å². The fourth-order valence-electron chi connectivity index (χ4n) is 5.04. The summed E-state index contributed by atoms with van der Waals surface area (Å²) in [5.74, 6) is 1.74. The number of anilines is 1. The van der Waals surface area contributed by atoms with E-state index in [2.05, 4.69) is 105 Å². The van der Waals surface area contributed by atoms with Crippen LogP contribution in [0.2, 0.25) is 0 Å². The molecule has 0 unspecified atom stereocenters. The van der Waals surface area contributed by atoms with Gasteiger partial charge >= 0.3 is 0 Å². The van der Waals surface area contributed by atoms with Gasteiger partial charge in [0.1, 0.15) is 0 Å². The van der Waals surface area contributed by atoms with E-state index in [0.29, 0.717) is 28.4 Å². The first kappa shape index (κ1) is 28.6. The van der Waals surface area contributed by atoms with Crippen LogP contribution in [0.4, 0.5) is 5.69 Å². The molecular formula is C33H31N6OPt-3. The van der Waals surface area contributed by atoms with Crippen molar-refractivity contribution in [2.24, 2.45) is 0 Å². The molecule has 4 heterocycles. The van der Waals surface area contributed by atoms with E-state index in [1.54, 1.807) is 17.1 Å². The number of aromatic nitrogens is 4. The smallest absolute Gasteiger partial charge is 0.152 e. The van der Waals surface area contributed by atoms with E-state index in [1.807, 2.05) is 41.6 Å². The molecule has 8 heteroatoms. The summed E-state index contributed by atoms with van der Waals surface area (Å²) >= 11 is 0. The summed E-state index contributed by atoms with van der Waals surface area (Å²) in [7, 11) is 0. The molecule has 0 amide bonds. The van der Waals surface area contributed by atoms with E-state index < -0.39 is 0 Å². The number of hydrogen-bond acceptors (Lipinski definition) is 6. The Morgan fingerprint density at radius 3 is 2.39 bits per heavy atom. The van der Waals surface area contributed by atoms with Crippen molar-refractivity contribution in [3.05, 3.63) is 109 Å². The third kappa shape index (κ3) is 5.77. The quantitative estimate of drug-likeness (QED) is 0.178. The zero-order chi connectivity index (χ0) is 28.0. The van der Waals surface area contributed by atoms with E-state index in [-0.39, 0.29) is 26.6 Å². The maximum Gasteiger partial charge on any atom is 0.152 e. The van der Waals surface area contributed by atoms with Crippen LogP contribution in [0.15, 0.2) is 73.5 Å². The van der Waals surface area contributed by atoms with E-state index in [0.717, 1.165) is 11.3 Å². The fraction of sp³-hybridized carbons (Fsp3) is 0.212. The van der Waals surface area contributed by atoms with Gasteiger partial charge in [-0.2, -0.15) is 17.8 Å². The summed E-state index contributed by atoms with van der Waals surface area (Å²) in [5.41, 5.74) is 8.28. The number of fused-ring (bicyclic) bond motifs is 1. The van der Waals surface area contributed by atoms with Crippen LogP contribution in [0.25, 0.3) is 28.0 Å². The Balaban J connectivity index is 0.00000337. The van der Waals surface area contributed by atoms with Gasteiger partial charge in [-0.25, -0.2) is 9.67 Å². The molecule has 0 bridgehead atoms. The number of nitrogens with zero attached hydrogens (tertiary/aromatic N) is 6. The Morgan fingerprint density at radius 2 is 1.66 bits per heavy atom. The molecule has 0 saturated carbocycles. The number of hydrogen-bond donors (Lipinski definition) is 0. The summed E-state index contributed by atoms with van der Waals surface area (Å²) in [6, 6.07) is 21.0. The molecule has 7 nitrogen and oxygen atoms in total. The summed E-state index contributed by atoms with van der Waals surface area (Å²) in [5, 5.41) is 4.57. The van der Waals surface area contributed by atoms with Gasteiger partial charge in [0.15, 0.2) is 5.82 Å². The van der Waals surface area contributed by atoms with Gasteiger partial charge in [0.05, 0.1) is 0 Å². The van der Waals surface area contributed by atoms with Crippen molar-refractivity contribution in [1.29, 1.82) is 0 Å². The van der Waals surface area contributed by atoms with Crippen molar-refractivity contribution in [2.45, 2.75) is 47.1 Å². The predicted octanol–water partition coefficient (Wildman–Crippen LogP) is 7.31. The minimum atomic E-state index is -0.00940. The van der Waals surface area contributed by atoms with Crippen LogP contribution in [-0.4, -0.2) is 30.2 Å². The summed E-state index contributed by atoms with van der Waals surface area (Å²) in [6.45, 7) is 15.0. The second kappa shape index (κ2) is 11.1. The maximum atomic E-state index is 6.16. The van der Waals surface area contributed by atoms with Gasteiger partial charge in [0.2, 0.25) is 0 Å². The van der Waals surface area contributed by atoms with E-state index in [4.69, 9.17) is 4.74 Å². The zero-order valence-electron chi connectivity index (χ0n) is 23.9. The van der Waals surface area contributed by atoms with Crippen molar-refractivity contribution >= 4 is 16.7 Å². The second-order valence-corrected chi connectivity index (χ2v) is 11.1. The molecule has 3 aromatic heterocycles. The number of benzene rings is 2. The van der Waals surface area contributed by atoms with Crippen molar-refractivity contribution in [2.75, 3.05) is 4.90 Å². The maximum absolute atomic E-state index is 6.16. The van der Waals surface area contributed by atoms with Gasteiger partial charge in [-0.3, -0.25) is 0 Å². The molecule has 0 radical (unpaired) electrons. The molecular weight excluding hydrogens is 691 g/mol. The van der Waals surface area contributed by atoms with Gasteiger partial charge in [0, 0.05) is 50.5 Å². The Hall–Kier alpha value is -3.96. The minimum absolute atomic E-state index is 0. The minimum Gasteiger partial charge on any atom is -0.508 e. The SMILES string of the molecule is Cc1cc(C)c(-c2ccnc(-n3ncc4ncc(Oc5[c-]c(N6C=CN(C(C)(C)C)[CH-]6)ccc5)[c-]c43)c2)c(C)c1.[Pt]. The van der Waals surface area contributed by atoms with Crippen LogP contribution < -0.4 is 9.64 Å². The molecule has 0 aliphatic carbocycles. The largest absolute Gasteiger partial charge is 0.508 e. The Morgan fingerprint density at radius 1 is 0.878 bits per heavy atom. The molecule has 0 N–H and O–H groups in total. The standard InChI is InChI=1S/C33H31N6O.Pt/c1-22-14-23(2)32(24(3)15-22)25-10-11-34-31(16-25)39-30-18-28(19-35-29(30)20-36-39)40-27-9-7-8-26(17-27)37-12-13-38(21-37)33(4,5)6;/h7-16,19-21H,1-6H3;/q-3;. The molecule has 0 saturated heterocycles. The third-order valence-corrected chi connectivity index (χ3v) is 6.90. The number of pyridine rings is 2. The van der Waals surface area contributed by atoms with Gasteiger partial charge in [-0.15, -0.1) is 30.0 Å². The van der Waals surface area contributed by atoms with Gasteiger partial charge in [-0.05, 0) is 106 Å². The fourth-order valence-corrected chi connectivity index (χ4v) is 5.04. The molecule has 6 rings (SSSR count). The second-order valence-electron chi connectivity index (χ2n) is 11.1. The number of ether oxygens (including phenoxy) is 1. The van der Waals surface area contributed by atoms with Crippen LogP contribution >= 0.6 is 0 Å². The van der Waals surface area contributed by atoms with Gasteiger partial charge in [0.25, 0.3) is 0 Å². The number of rotatable bonds is 5. The first-order chi connectivity index (χ1) is 19.2. The van der Waals surface area contributed by atoms with Crippen molar-refractivity contribution in [3.8, 4) is 28.4 Å². The summed E-state index contributed by atoms with van der Waals surface area (Å²) in [6.07, 6.45) is 9.25. The molecule has 212 valence electrons. The van der Waals surface area contributed by atoms with Crippen LogP contribution in [0, 0.1) is 39.6 Å². The van der Waals surface area contributed by atoms with E-state index in [9.17, 15) is 0 Å². The number of aryl methyl sites for hydroxylation is 3. The summed E-state index contributed by atoms with van der Waals surface area (Å²) in [4.78, 5) is 13.4. The van der Waals surface area contributed by atoms with E-state index in [1.165, 1.54) is 22.3 Å². The van der Waals surface area contributed by atoms with Crippen LogP contribution in [0.3, 0.4) is 0 Å². The van der Waals surface area contributed by atoms with E-state index >= 15 is 0 Å². The molecule has 41 heavy (non-hydrogen) atoms. The Kier molecular flexibility index (Phi) is 7.76. The first-order valence-electron chi connectivity index (χ1n) is 13.3. The van der Waals surface area contributed by atoms with Crippen molar-refractivity contribution in [1.82, 2.24) is 24.6 Å². The molecule has 1 aliphatic rings. The average molecular weight is 723 g/mol. The first-order valence-corrected chi connectivity index (χ1v) is 13.3. The van der Waals surface area contributed by atoms with Crippen LogP contribution in [0.5, 0.6) is 11.5 Å². The molecule has 1 aliphatic heterocycles. The topological polar surface area (TPSA) is 59.3 Å². The Bertz CT molecular complexity index is 1730. The normalized spacial score (nSPS) is 13.1. The molecule has 0 spiro atoms. The molecule has 0 atom stereocenters. The monoisotopic (exact) mass is 722 g/mol. The van der Waals surface area contributed by atoms with Crippen molar-refractivity contribution < 1.29 is 25.8 Å². The predicted molar refractivity (Wildman–Crippen MR) is 158 cm³/mol. The third-order valence-electron chi connectivity index (χ3n) is 6.90. The van der Waals surface area contributed by atoms with Gasteiger partial charge in [-0.1, -0.05) is 17.7 Å². The zero-order valence-corrected chi connectivity index (χ0v) is 26.2. The average Bonchev–Trinajstić information content (AvgIpc) is 3.56. The summed E-state index contributed by atoms with van der Waals surface area (Å²) < 4.78 is 7.92. The van der Waals surface area contributed by atoms with Crippen LogP contribution in [0.1, 0.15) is 37.5 Å². The van der Waals surface area contributed by atoms with Gasteiger partial charge < -0.3 is 19.5 Å². The molecule has 2 aromatic carbocycles. The molecule has 0 fully saturated rings. The van der Waals surface area contributed by atoms with Crippen LogP contribution in [-0.2, 0) is 21.1 Å². The van der Waals surface area contributed by atoms with Crippen molar-refractivity contribution in [3.63, 3.8) is 0 Å². The molecule has 5 aromatic rings.